The number of esters is 2. The predicted molar refractivity (Wildman–Crippen MR) is 148 cm³/mol. The van der Waals surface area contributed by atoms with Crippen molar-refractivity contribution in [1.29, 1.82) is 0 Å². The van der Waals surface area contributed by atoms with E-state index in [4.69, 9.17) is 28.4 Å². The molecule has 2 aliphatic rings. The fourth-order valence-electron chi connectivity index (χ4n) is 5.30. The van der Waals surface area contributed by atoms with E-state index in [0.717, 1.165) is 0 Å². The molecule has 2 heterocycles. The van der Waals surface area contributed by atoms with Crippen LogP contribution >= 0.6 is 0 Å². The van der Waals surface area contributed by atoms with E-state index in [1.807, 2.05) is 13.0 Å². The molecule has 2 aromatic rings. The second kappa shape index (κ2) is 12.9. The van der Waals surface area contributed by atoms with Gasteiger partial charge in [-0.3, -0.25) is 9.59 Å². The van der Waals surface area contributed by atoms with E-state index in [1.165, 1.54) is 28.4 Å². The number of ether oxygens (including phenoxy) is 6. The normalized spacial score (nSPS) is 19.9. The topological polar surface area (TPSA) is 107 Å². The first-order valence-corrected chi connectivity index (χ1v) is 13.5. The van der Waals surface area contributed by atoms with Gasteiger partial charge in [0.25, 0.3) is 0 Å². The first-order chi connectivity index (χ1) is 19.3. The number of fused-ring (bicyclic) bond motifs is 2. The average Bonchev–Trinajstić information content (AvgIpc) is 2.94. The molecular weight excluding hydrogens is 516 g/mol. The number of carbonyl (C=O) groups excluding carboxylic acids is 3. The van der Waals surface area contributed by atoms with Crippen LogP contribution in [-0.4, -0.2) is 52.3 Å². The summed E-state index contributed by atoms with van der Waals surface area (Å²) in [5.41, 5.74) is 2.02. The molecule has 0 amide bonds. The minimum Gasteiger partial charge on any atom is -0.495 e. The van der Waals surface area contributed by atoms with Crippen LogP contribution < -0.4 is 23.7 Å². The minimum atomic E-state index is -0.546. The number of cyclic esters (lactones) is 1. The molecule has 0 N–H and O–H groups in total. The Kier molecular flexibility index (Phi) is 9.34. The minimum absolute atomic E-state index is 0.0100. The third kappa shape index (κ3) is 6.08. The van der Waals surface area contributed by atoms with Crippen molar-refractivity contribution in [2.45, 2.75) is 63.9 Å². The fourth-order valence-corrected chi connectivity index (χ4v) is 5.30. The summed E-state index contributed by atoms with van der Waals surface area (Å²) >= 11 is 0. The Morgan fingerprint density at radius 2 is 1.52 bits per heavy atom. The molecule has 214 valence electrons. The summed E-state index contributed by atoms with van der Waals surface area (Å²) in [5, 5.41) is 0. The lowest BCUT2D eigenvalue weighted by Crippen LogP contribution is -2.24. The van der Waals surface area contributed by atoms with Gasteiger partial charge in [-0.1, -0.05) is 12.2 Å². The Morgan fingerprint density at radius 1 is 0.850 bits per heavy atom. The quantitative estimate of drug-likeness (QED) is 0.344. The van der Waals surface area contributed by atoms with Crippen LogP contribution in [0.3, 0.4) is 0 Å². The van der Waals surface area contributed by atoms with Gasteiger partial charge in [0, 0.05) is 24.3 Å². The molecule has 40 heavy (non-hydrogen) atoms. The zero-order valence-corrected chi connectivity index (χ0v) is 23.7. The zero-order valence-electron chi connectivity index (χ0n) is 23.7. The standard InChI is InChI=1S/C31H36O9/c1-18-10-9-13-21(32)12-8-6-7-11-19-14-23-28(30(38-5)27(19)31(34)39-18)22(17-26(33)40-23)20-15-24(35-2)29(37-4)25(16-20)36-3/h7,11,14-16,18,22H,6,8-10,12-13,17H2,1-5H3/t18-,22-/m1/s1. The SMILES string of the molecule is COc1cc([C@H]2CC(=O)Oc3cc4c(c(OC)c32)C(=O)O[C@H](C)CCCC(=O)CCCC=C4)cc(OC)c1OC. The predicted octanol–water partition coefficient (Wildman–Crippen LogP) is 5.64. The second-order valence-corrected chi connectivity index (χ2v) is 9.92. The molecule has 9 heteroatoms. The Hall–Kier alpha value is -4.01. The van der Waals surface area contributed by atoms with Gasteiger partial charge in [-0.15, -0.1) is 0 Å². The highest BCUT2D eigenvalue weighted by Crippen LogP contribution is 2.50. The lowest BCUT2D eigenvalue weighted by molar-refractivity contribution is -0.135. The third-order valence-corrected chi connectivity index (χ3v) is 7.25. The summed E-state index contributed by atoms with van der Waals surface area (Å²) in [6.45, 7) is 1.81. The first kappa shape index (κ1) is 29.0. The fraction of sp³-hybridized carbons (Fsp3) is 0.452. The van der Waals surface area contributed by atoms with Crippen molar-refractivity contribution in [3.8, 4) is 28.7 Å². The summed E-state index contributed by atoms with van der Waals surface area (Å²) in [6, 6.07) is 5.23. The molecule has 9 nitrogen and oxygen atoms in total. The highest BCUT2D eigenvalue weighted by atomic mass is 16.6. The Morgan fingerprint density at radius 3 is 2.17 bits per heavy atom. The number of benzene rings is 2. The molecule has 4 rings (SSSR count). The summed E-state index contributed by atoms with van der Waals surface area (Å²) in [5.74, 6) is 0.587. The van der Waals surface area contributed by atoms with E-state index in [-0.39, 0.29) is 23.5 Å². The van der Waals surface area contributed by atoms with Crippen LogP contribution in [0.2, 0.25) is 0 Å². The maximum absolute atomic E-state index is 13.6. The van der Waals surface area contributed by atoms with Crippen molar-refractivity contribution >= 4 is 23.8 Å². The molecule has 0 saturated heterocycles. The number of ketones is 1. The van der Waals surface area contributed by atoms with Crippen LogP contribution in [0.25, 0.3) is 6.08 Å². The van der Waals surface area contributed by atoms with Gasteiger partial charge in [0.2, 0.25) is 5.75 Å². The van der Waals surface area contributed by atoms with Crippen molar-refractivity contribution in [3.05, 3.63) is 46.5 Å². The van der Waals surface area contributed by atoms with Crippen LogP contribution in [0.4, 0.5) is 0 Å². The van der Waals surface area contributed by atoms with Gasteiger partial charge in [0.1, 0.15) is 22.8 Å². The molecule has 0 unspecified atom stereocenters. The van der Waals surface area contributed by atoms with Crippen molar-refractivity contribution in [3.63, 3.8) is 0 Å². The van der Waals surface area contributed by atoms with E-state index in [1.54, 1.807) is 24.3 Å². The molecule has 0 fully saturated rings. The molecular formula is C31H36O9. The molecule has 2 atom stereocenters. The van der Waals surface area contributed by atoms with Gasteiger partial charge in [0.05, 0.1) is 41.0 Å². The van der Waals surface area contributed by atoms with Gasteiger partial charge in [-0.05, 0) is 61.9 Å². The molecule has 0 saturated carbocycles. The third-order valence-electron chi connectivity index (χ3n) is 7.25. The number of carbonyl (C=O) groups is 3. The van der Waals surface area contributed by atoms with Gasteiger partial charge in [0.15, 0.2) is 11.5 Å². The molecule has 0 bridgehead atoms. The molecule has 2 aliphatic heterocycles. The summed E-state index contributed by atoms with van der Waals surface area (Å²) < 4.78 is 34.0. The van der Waals surface area contributed by atoms with Crippen molar-refractivity contribution in [2.24, 2.45) is 0 Å². The first-order valence-electron chi connectivity index (χ1n) is 13.5. The van der Waals surface area contributed by atoms with E-state index in [9.17, 15) is 14.4 Å². The molecule has 2 aromatic carbocycles. The average molecular weight is 553 g/mol. The monoisotopic (exact) mass is 552 g/mol. The van der Waals surface area contributed by atoms with Crippen LogP contribution in [0.5, 0.6) is 28.7 Å². The number of hydrogen-bond acceptors (Lipinski definition) is 9. The maximum atomic E-state index is 13.6. The van der Waals surface area contributed by atoms with Crippen molar-refractivity contribution < 1.29 is 42.8 Å². The summed E-state index contributed by atoms with van der Waals surface area (Å²) in [4.78, 5) is 38.6. The van der Waals surface area contributed by atoms with Gasteiger partial charge in [-0.25, -0.2) is 4.79 Å². The van der Waals surface area contributed by atoms with E-state index in [0.29, 0.717) is 78.2 Å². The van der Waals surface area contributed by atoms with Gasteiger partial charge in [-0.2, -0.15) is 0 Å². The lowest BCUT2D eigenvalue weighted by atomic mass is 9.83. The number of hydrogen-bond donors (Lipinski definition) is 0. The van der Waals surface area contributed by atoms with Crippen LogP contribution in [0.15, 0.2) is 24.3 Å². The van der Waals surface area contributed by atoms with Crippen LogP contribution in [-0.2, 0) is 14.3 Å². The van der Waals surface area contributed by atoms with E-state index < -0.39 is 24.0 Å². The molecule has 0 radical (unpaired) electrons. The molecule has 0 spiro atoms. The highest BCUT2D eigenvalue weighted by Gasteiger charge is 2.37. The second-order valence-electron chi connectivity index (χ2n) is 9.92. The maximum Gasteiger partial charge on any atom is 0.342 e. The zero-order chi connectivity index (χ0) is 28.8. The van der Waals surface area contributed by atoms with E-state index in [2.05, 4.69) is 0 Å². The summed E-state index contributed by atoms with van der Waals surface area (Å²) in [7, 11) is 6.04. The summed E-state index contributed by atoms with van der Waals surface area (Å²) in [6.07, 6.45) is 6.87. The van der Waals surface area contributed by atoms with E-state index >= 15 is 0 Å². The lowest BCUT2D eigenvalue weighted by Gasteiger charge is -2.29. The molecule has 0 aromatic heterocycles. The number of Topliss-reactive ketones (excluding diaryl/α,β-unsaturated/α-hetero) is 1. The number of allylic oxidation sites excluding steroid dienone is 1. The Balaban J connectivity index is 1.90. The molecule has 0 aliphatic carbocycles. The highest BCUT2D eigenvalue weighted by molar-refractivity contribution is 5.99. The Bertz CT molecular complexity index is 1290. The largest absolute Gasteiger partial charge is 0.495 e. The number of rotatable bonds is 5. The van der Waals surface area contributed by atoms with Crippen LogP contribution in [0.1, 0.15) is 84.8 Å². The van der Waals surface area contributed by atoms with Crippen molar-refractivity contribution in [2.75, 3.05) is 28.4 Å². The van der Waals surface area contributed by atoms with Crippen molar-refractivity contribution in [1.82, 2.24) is 0 Å². The van der Waals surface area contributed by atoms with Crippen LogP contribution in [0, 0.1) is 0 Å². The number of methoxy groups -OCH3 is 4. The smallest absolute Gasteiger partial charge is 0.342 e. The van der Waals surface area contributed by atoms with Gasteiger partial charge >= 0.3 is 11.9 Å². The Labute approximate surface area is 234 Å². The van der Waals surface area contributed by atoms with Gasteiger partial charge < -0.3 is 28.4 Å².